The van der Waals surface area contributed by atoms with E-state index in [4.69, 9.17) is 9.05 Å². The van der Waals surface area contributed by atoms with E-state index in [0.717, 1.165) is 44.9 Å². The minimum atomic E-state index is -4.36. The Labute approximate surface area is 454 Å². The summed E-state index contributed by atoms with van der Waals surface area (Å²) in [5.74, 6) is -0.182. The lowest BCUT2D eigenvalue weighted by Gasteiger charge is -2.25. The molecule has 430 valence electrons. The Morgan fingerprint density at radius 2 is 0.795 bits per heavy atom. The number of unbranched alkanes of at least 4 members (excludes halogenated alkanes) is 39. The van der Waals surface area contributed by atoms with E-state index in [-0.39, 0.29) is 19.1 Å². The normalized spacial score (nSPS) is 14.1. The number of rotatable bonds is 58. The predicted octanol–water partition coefficient (Wildman–Crippen LogP) is 19.5. The Morgan fingerprint density at radius 3 is 1.18 bits per heavy atom. The van der Waals surface area contributed by atoms with Crippen LogP contribution >= 0.6 is 7.82 Å². The number of quaternary nitrogens is 1. The van der Waals surface area contributed by atoms with Crippen molar-refractivity contribution in [3.05, 3.63) is 48.6 Å². The molecule has 0 saturated carbocycles. The van der Waals surface area contributed by atoms with Crippen LogP contribution in [-0.2, 0) is 18.4 Å². The van der Waals surface area contributed by atoms with Gasteiger partial charge in [-0.15, -0.1) is 0 Å². The molecule has 3 unspecified atom stereocenters. The van der Waals surface area contributed by atoms with E-state index in [1.807, 2.05) is 27.2 Å². The monoisotopic (exact) mass is 1050 g/mol. The van der Waals surface area contributed by atoms with Crippen molar-refractivity contribution < 1.29 is 32.9 Å². The fourth-order valence-electron chi connectivity index (χ4n) is 9.33. The van der Waals surface area contributed by atoms with Gasteiger partial charge in [-0.05, 0) is 64.2 Å². The zero-order valence-electron chi connectivity index (χ0n) is 49.1. The van der Waals surface area contributed by atoms with Crippen molar-refractivity contribution in [3.63, 3.8) is 0 Å². The maximum Gasteiger partial charge on any atom is 0.472 e. The number of amides is 1. The second-order valence-corrected chi connectivity index (χ2v) is 24.2. The van der Waals surface area contributed by atoms with Crippen LogP contribution in [0.15, 0.2) is 48.6 Å². The zero-order valence-corrected chi connectivity index (χ0v) is 50.0. The molecule has 0 fully saturated rings. The number of hydrogen-bond acceptors (Lipinski definition) is 5. The molecule has 73 heavy (non-hydrogen) atoms. The van der Waals surface area contributed by atoms with Crippen LogP contribution in [0.2, 0.25) is 0 Å². The maximum absolute atomic E-state index is 13.0. The Hall–Kier alpha value is -1.54. The first-order valence-electron chi connectivity index (χ1n) is 31.5. The molecule has 1 amide bonds. The van der Waals surface area contributed by atoms with Gasteiger partial charge in [-0.3, -0.25) is 13.8 Å². The largest absolute Gasteiger partial charge is 0.472 e. The molecule has 3 N–H and O–H groups in total. The van der Waals surface area contributed by atoms with Crippen molar-refractivity contribution in [3.8, 4) is 0 Å². The number of aliphatic hydroxyl groups is 1. The van der Waals surface area contributed by atoms with Crippen LogP contribution in [0.3, 0.4) is 0 Å². The molecule has 0 radical (unpaired) electrons. The van der Waals surface area contributed by atoms with E-state index in [0.29, 0.717) is 17.4 Å². The van der Waals surface area contributed by atoms with E-state index in [1.165, 1.54) is 238 Å². The Balaban J connectivity index is 4.11. The second-order valence-electron chi connectivity index (χ2n) is 22.8. The average Bonchev–Trinajstić information content (AvgIpc) is 3.35. The van der Waals surface area contributed by atoms with Crippen LogP contribution in [0.5, 0.6) is 0 Å². The summed E-state index contributed by atoms with van der Waals surface area (Å²) in [6.45, 7) is 4.82. The molecular formula is C64H124N2O6P+. The SMILES string of the molecule is CCCCCCC/C=C\C/C=C\CCCCCCCCCCCCCCCCCCCCCC(=O)NC(COP(=O)(O)OCC[N+](C)(C)C)C(O)/C=C/CC/C=C/CCCCCCCCCCCCCCCC. The quantitative estimate of drug-likeness (QED) is 0.0243. The van der Waals surface area contributed by atoms with Crippen molar-refractivity contribution in [1.29, 1.82) is 0 Å². The van der Waals surface area contributed by atoms with Gasteiger partial charge >= 0.3 is 7.82 Å². The summed E-state index contributed by atoms with van der Waals surface area (Å²) in [7, 11) is 1.56. The minimum absolute atomic E-state index is 0.0569. The summed E-state index contributed by atoms with van der Waals surface area (Å²) in [5.41, 5.74) is 0. The number of likely N-dealkylation sites (N-methyl/N-ethyl adjacent to an activating group) is 1. The number of allylic oxidation sites excluding steroid dienone is 7. The summed E-state index contributed by atoms with van der Waals surface area (Å²) < 4.78 is 23.7. The first kappa shape index (κ1) is 71.5. The topological polar surface area (TPSA) is 105 Å². The summed E-state index contributed by atoms with van der Waals surface area (Å²) in [4.78, 5) is 23.3. The van der Waals surface area contributed by atoms with Gasteiger partial charge in [0.1, 0.15) is 13.2 Å². The van der Waals surface area contributed by atoms with Gasteiger partial charge in [0.2, 0.25) is 5.91 Å². The van der Waals surface area contributed by atoms with Crippen LogP contribution in [0.1, 0.15) is 303 Å². The highest BCUT2D eigenvalue weighted by atomic mass is 31.2. The number of hydrogen-bond donors (Lipinski definition) is 3. The Bertz CT molecular complexity index is 1330. The Kier molecular flexibility index (Phi) is 54.1. The molecule has 3 atom stereocenters. The molecule has 0 saturated heterocycles. The molecule has 0 rings (SSSR count). The number of carbonyl (C=O) groups excluding carboxylic acids is 1. The number of carbonyl (C=O) groups is 1. The predicted molar refractivity (Wildman–Crippen MR) is 318 cm³/mol. The molecule has 0 aliphatic carbocycles. The first-order valence-corrected chi connectivity index (χ1v) is 33.0. The molecule has 0 spiro atoms. The van der Waals surface area contributed by atoms with Crippen LogP contribution in [0.25, 0.3) is 0 Å². The molecule has 0 bridgehead atoms. The number of aliphatic hydroxyl groups excluding tert-OH is 1. The van der Waals surface area contributed by atoms with Crippen molar-refractivity contribution in [1.82, 2.24) is 5.32 Å². The van der Waals surface area contributed by atoms with Crippen molar-refractivity contribution in [2.24, 2.45) is 0 Å². The maximum atomic E-state index is 13.0. The summed E-state index contributed by atoms with van der Waals surface area (Å²) in [6.07, 6.45) is 73.8. The standard InChI is InChI=1S/C64H123N2O6P/c1-6-8-10-12-14-16-18-20-22-24-26-28-29-30-31-32-33-34-35-36-37-38-40-42-44-46-48-50-52-54-56-58-64(68)65-62(61-72-73(69,70)71-60-59-66(3,4)5)63(67)57-55-53-51-49-47-45-43-41-39-27-25-23-21-19-17-15-13-11-9-7-2/h18,20,24,26,47,49,55,57,62-63,67H,6-17,19,21-23,25,27-46,48,50-54,56,58-61H2,1-5H3,(H-,65,68,69,70)/p+1/b20-18-,26-24-,49-47+,57-55+. The number of phosphoric acid groups is 1. The summed E-state index contributed by atoms with van der Waals surface area (Å²) in [6, 6.07) is -0.863. The molecule has 0 aromatic heterocycles. The summed E-state index contributed by atoms with van der Waals surface area (Å²) >= 11 is 0. The lowest BCUT2D eigenvalue weighted by atomic mass is 10.0. The molecular weight excluding hydrogens is 924 g/mol. The van der Waals surface area contributed by atoms with Gasteiger partial charge < -0.3 is 19.8 Å². The fraction of sp³-hybridized carbons (Fsp3) is 0.859. The third kappa shape index (κ3) is 58.0. The van der Waals surface area contributed by atoms with Crippen molar-refractivity contribution in [2.75, 3.05) is 40.9 Å². The van der Waals surface area contributed by atoms with Gasteiger partial charge in [-0.1, -0.05) is 281 Å². The van der Waals surface area contributed by atoms with Crippen molar-refractivity contribution in [2.45, 2.75) is 315 Å². The first-order chi connectivity index (χ1) is 35.5. The van der Waals surface area contributed by atoms with E-state index in [2.05, 4.69) is 55.6 Å². The molecule has 0 aliphatic heterocycles. The number of nitrogens with one attached hydrogen (secondary N) is 1. The molecule has 0 aromatic carbocycles. The van der Waals surface area contributed by atoms with E-state index < -0.39 is 20.0 Å². The third-order valence-corrected chi connectivity index (χ3v) is 15.3. The number of nitrogens with zero attached hydrogens (tertiary/aromatic N) is 1. The molecule has 0 aromatic rings. The highest BCUT2D eigenvalue weighted by Crippen LogP contribution is 2.43. The smallest absolute Gasteiger partial charge is 0.387 e. The average molecular weight is 1050 g/mol. The summed E-state index contributed by atoms with van der Waals surface area (Å²) in [5, 5.41) is 13.9. The minimum Gasteiger partial charge on any atom is -0.387 e. The highest BCUT2D eigenvalue weighted by molar-refractivity contribution is 7.47. The van der Waals surface area contributed by atoms with Gasteiger partial charge in [0.05, 0.1) is 39.9 Å². The van der Waals surface area contributed by atoms with Gasteiger partial charge in [0.15, 0.2) is 0 Å². The van der Waals surface area contributed by atoms with Gasteiger partial charge in [-0.25, -0.2) is 4.57 Å². The van der Waals surface area contributed by atoms with Gasteiger partial charge in [-0.2, -0.15) is 0 Å². The Morgan fingerprint density at radius 1 is 0.466 bits per heavy atom. The van der Waals surface area contributed by atoms with Crippen LogP contribution in [0, 0.1) is 0 Å². The van der Waals surface area contributed by atoms with E-state index in [1.54, 1.807) is 6.08 Å². The van der Waals surface area contributed by atoms with Crippen LogP contribution in [0.4, 0.5) is 0 Å². The molecule has 0 heterocycles. The van der Waals surface area contributed by atoms with Crippen LogP contribution < -0.4 is 5.32 Å². The second kappa shape index (κ2) is 55.2. The molecule has 0 aliphatic rings. The van der Waals surface area contributed by atoms with Gasteiger partial charge in [0, 0.05) is 6.42 Å². The third-order valence-electron chi connectivity index (χ3n) is 14.3. The van der Waals surface area contributed by atoms with Crippen LogP contribution in [-0.4, -0.2) is 73.4 Å². The lowest BCUT2D eigenvalue weighted by molar-refractivity contribution is -0.870. The highest BCUT2D eigenvalue weighted by Gasteiger charge is 2.27. The zero-order chi connectivity index (χ0) is 53.5. The molecule has 8 nitrogen and oxygen atoms in total. The van der Waals surface area contributed by atoms with E-state index in [9.17, 15) is 19.4 Å². The van der Waals surface area contributed by atoms with Crippen molar-refractivity contribution >= 4 is 13.7 Å². The fourth-order valence-corrected chi connectivity index (χ4v) is 10.1. The lowest BCUT2D eigenvalue weighted by Crippen LogP contribution is -2.45. The molecule has 9 heteroatoms. The van der Waals surface area contributed by atoms with E-state index >= 15 is 0 Å². The number of phosphoric ester groups is 1. The van der Waals surface area contributed by atoms with Gasteiger partial charge in [0.25, 0.3) is 0 Å².